The number of hydrogen-bond donors (Lipinski definition) is 0. The second kappa shape index (κ2) is 8.29. The van der Waals surface area contributed by atoms with Gasteiger partial charge >= 0.3 is 0 Å². The summed E-state index contributed by atoms with van der Waals surface area (Å²) in [6.45, 7) is 2.71. The van der Waals surface area contributed by atoms with Gasteiger partial charge in [-0.15, -0.1) is 0 Å². The van der Waals surface area contributed by atoms with Crippen molar-refractivity contribution in [1.82, 2.24) is 9.88 Å². The Morgan fingerprint density at radius 2 is 1.93 bits per heavy atom. The van der Waals surface area contributed by atoms with Gasteiger partial charge in [-0.3, -0.25) is 4.90 Å². The highest BCUT2D eigenvalue weighted by atomic mass is 16.5. The van der Waals surface area contributed by atoms with E-state index in [1.165, 1.54) is 30.4 Å². The monoisotopic (exact) mass is 392 g/mol. The largest absolute Gasteiger partial charge is 0.493 e. The first kappa shape index (κ1) is 19.5. The van der Waals surface area contributed by atoms with E-state index in [4.69, 9.17) is 18.9 Å². The summed E-state index contributed by atoms with van der Waals surface area (Å²) in [7, 11) is 5.43. The fourth-order valence-electron chi connectivity index (χ4n) is 4.28. The van der Waals surface area contributed by atoms with Gasteiger partial charge in [-0.2, -0.15) is 0 Å². The topological polar surface area (TPSA) is 47.7 Å². The van der Waals surface area contributed by atoms with E-state index in [0.717, 1.165) is 23.6 Å². The first-order valence-corrected chi connectivity index (χ1v) is 10.1. The van der Waals surface area contributed by atoms with Gasteiger partial charge in [0.25, 0.3) is 0 Å². The number of ether oxygens (including phenoxy) is 2. The molecule has 0 fully saturated rings. The maximum atomic E-state index is 6.03. The number of para-hydroxylation sites is 1. The predicted molar refractivity (Wildman–Crippen MR) is 113 cm³/mol. The second-order valence-electron chi connectivity index (χ2n) is 7.58. The van der Waals surface area contributed by atoms with Crippen LogP contribution in [0.25, 0.3) is 11.5 Å². The van der Waals surface area contributed by atoms with E-state index in [2.05, 4.69) is 36.2 Å². The van der Waals surface area contributed by atoms with Crippen LogP contribution in [0, 0.1) is 6.92 Å². The van der Waals surface area contributed by atoms with Crippen LogP contribution in [0.15, 0.2) is 46.9 Å². The summed E-state index contributed by atoms with van der Waals surface area (Å²) >= 11 is 0. The third-order valence-electron chi connectivity index (χ3n) is 5.80. The smallest absolute Gasteiger partial charge is 0.230 e. The van der Waals surface area contributed by atoms with Crippen LogP contribution in [-0.2, 0) is 13.0 Å². The van der Waals surface area contributed by atoms with Crippen LogP contribution in [0.5, 0.6) is 11.5 Å². The lowest BCUT2D eigenvalue weighted by molar-refractivity contribution is 0.210. The van der Waals surface area contributed by atoms with Crippen molar-refractivity contribution >= 4 is 0 Å². The maximum Gasteiger partial charge on any atom is 0.230 e. The highest BCUT2D eigenvalue weighted by Gasteiger charge is 2.25. The molecule has 0 spiro atoms. The molecule has 5 nitrogen and oxygen atoms in total. The molecule has 0 aliphatic heterocycles. The SMILES string of the molecule is COc1cccc(-c2nc(CN(C)[C@@H]3CCCc4ccccc43)c(C)o2)c1OC. The van der Waals surface area contributed by atoms with Crippen molar-refractivity contribution in [2.75, 3.05) is 21.3 Å². The van der Waals surface area contributed by atoms with Gasteiger partial charge in [-0.05, 0) is 56.5 Å². The van der Waals surface area contributed by atoms with Crippen LogP contribution in [-0.4, -0.2) is 31.2 Å². The fourth-order valence-corrected chi connectivity index (χ4v) is 4.28. The summed E-state index contributed by atoms with van der Waals surface area (Å²) in [5.41, 5.74) is 4.66. The lowest BCUT2D eigenvalue weighted by Crippen LogP contribution is -2.27. The fraction of sp³-hybridized carbons (Fsp3) is 0.375. The number of hydrogen-bond acceptors (Lipinski definition) is 5. The average Bonchev–Trinajstić information content (AvgIpc) is 3.12. The lowest BCUT2D eigenvalue weighted by Gasteiger charge is -2.33. The van der Waals surface area contributed by atoms with Crippen LogP contribution in [0.4, 0.5) is 0 Å². The minimum absolute atomic E-state index is 0.408. The Morgan fingerprint density at radius 3 is 2.72 bits per heavy atom. The summed E-state index contributed by atoms with van der Waals surface area (Å²) in [6.07, 6.45) is 3.56. The molecule has 1 atom stereocenters. The molecule has 3 aromatic rings. The van der Waals surface area contributed by atoms with Gasteiger partial charge < -0.3 is 13.9 Å². The standard InChI is InChI=1S/C24H28N2O3/c1-16-20(15-26(2)21-13-7-10-17-9-5-6-11-18(17)21)25-24(29-16)19-12-8-14-22(27-3)23(19)28-4/h5-6,8-9,11-12,14,21H,7,10,13,15H2,1-4H3/t21-/m1/s1. The highest BCUT2D eigenvalue weighted by molar-refractivity contribution is 5.68. The molecule has 0 unspecified atom stereocenters. The lowest BCUT2D eigenvalue weighted by atomic mass is 9.87. The Balaban J connectivity index is 1.60. The zero-order chi connectivity index (χ0) is 20.4. The van der Waals surface area contributed by atoms with E-state index >= 15 is 0 Å². The maximum absolute atomic E-state index is 6.03. The number of benzene rings is 2. The Labute approximate surface area is 172 Å². The van der Waals surface area contributed by atoms with Crippen molar-refractivity contribution < 1.29 is 13.9 Å². The number of nitrogens with zero attached hydrogens (tertiary/aromatic N) is 2. The van der Waals surface area contributed by atoms with Crippen molar-refractivity contribution in [3.05, 3.63) is 65.0 Å². The van der Waals surface area contributed by atoms with Crippen LogP contribution in [0.1, 0.15) is 41.5 Å². The number of aromatic nitrogens is 1. The molecule has 0 N–H and O–H groups in total. The van der Waals surface area contributed by atoms with Crippen molar-refractivity contribution in [1.29, 1.82) is 0 Å². The molecule has 2 aromatic carbocycles. The third kappa shape index (κ3) is 3.75. The minimum Gasteiger partial charge on any atom is -0.493 e. The van der Waals surface area contributed by atoms with Gasteiger partial charge in [0.05, 0.1) is 25.5 Å². The summed E-state index contributed by atoms with van der Waals surface area (Å²) in [4.78, 5) is 7.20. The molecule has 0 amide bonds. The molecule has 5 heteroatoms. The molecular weight excluding hydrogens is 364 g/mol. The Kier molecular flexibility index (Phi) is 5.58. The van der Waals surface area contributed by atoms with Gasteiger partial charge in [-0.25, -0.2) is 4.98 Å². The second-order valence-corrected chi connectivity index (χ2v) is 7.58. The number of aryl methyl sites for hydroxylation is 2. The Bertz CT molecular complexity index is 996. The summed E-state index contributed by atoms with van der Waals surface area (Å²) in [5, 5.41) is 0. The molecule has 29 heavy (non-hydrogen) atoms. The minimum atomic E-state index is 0.408. The zero-order valence-corrected chi connectivity index (χ0v) is 17.6. The molecule has 0 saturated carbocycles. The first-order valence-electron chi connectivity index (χ1n) is 10.1. The quantitative estimate of drug-likeness (QED) is 0.579. The molecule has 1 aliphatic rings. The van der Waals surface area contributed by atoms with E-state index < -0.39 is 0 Å². The number of rotatable bonds is 6. The molecule has 1 aliphatic carbocycles. The molecular formula is C24H28N2O3. The van der Waals surface area contributed by atoms with Crippen molar-refractivity contribution in [3.8, 4) is 23.0 Å². The average molecular weight is 392 g/mol. The number of methoxy groups -OCH3 is 2. The van der Waals surface area contributed by atoms with Gasteiger partial charge in [0.15, 0.2) is 11.5 Å². The van der Waals surface area contributed by atoms with Gasteiger partial charge in [0.2, 0.25) is 5.89 Å². The van der Waals surface area contributed by atoms with E-state index in [-0.39, 0.29) is 0 Å². The van der Waals surface area contributed by atoms with Gasteiger partial charge in [0, 0.05) is 12.6 Å². The normalized spacial score (nSPS) is 16.0. The van der Waals surface area contributed by atoms with E-state index in [0.29, 0.717) is 23.4 Å². The van der Waals surface area contributed by atoms with E-state index in [1.54, 1.807) is 14.2 Å². The van der Waals surface area contributed by atoms with Crippen LogP contribution < -0.4 is 9.47 Å². The molecule has 1 heterocycles. The summed E-state index contributed by atoms with van der Waals surface area (Å²) in [6, 6.07) is 14.9. The van der Waals surface area contributed by atoms with Crippen molar-refractivity contribution in [2.45, 2.75) is 38.8 Å². The molecule has 0 saturated heterocycles. The molecule has 0 bridgehead atoms. The van der Waals surface area contributed by atoms with Crippen molar-refractivity contribution in [3.63, 3.8) is 0 Å². The summed E-state index contributed by atoms with van der Waals surface area (Å²) < 4.78 is 17.0. The van der Waals surface area contributed by atoms with Crippen LogP contribution >= 0.6 is 0 Å². The molecule has 0 radical (unpaired) electrons. The van der Waals surface area contributed by atoms with Gasteiger partial charge in [-0.1, -0.05) is 30.3 Å². The van der Waals surface area contributed by atoms with Crippen molar-refractivity contribution in [2.24, 2.45) is 0 Å². The summed E-state index contributed by atoms with van der Waals surface area (Å²) in [5.74, 6) is 2.70. The van der Waals surface area contributed by atoms with Gasteiger partial charge in [0.1, 0.15) is 5.76 Å². The predicted octanol–water partition coefficient (Wildman–Crippen LogP) is 5.18. The highest BCUT2D eigenvalue weighted by Crippen LogP contribution is 2.39. The first-order chi connectivity index (χ1) is 14.1. The third-order valence-corrected chi connectivity index (χ3v) is 5.80. The Morgan fingerprint density at radius 1 is 1.10 bits per heavy atom. The van der Waals surface area contributed by atoms with Crippen LogP contribution in [0.3, 0.4) is 0 Å². The van der Waals surface area contributed by atoms with Crippen LogP contribution in [0.2, 0.25) is 0 Å². The number of oxazole rings is 1. The Hall–Kier alpha value is -2.79. The number of fused-ring (bicyclic) bond motifs is 1. The molecule has 4 rings (SSSR count). The molecule has 1 aromatic heterocycles. The van der Waals surface area contributed by atoms with E-state index in [9.17, 15) is 0 Å². The van der Waals surface area contributed by atoms with E-state index in [1.807, 2.05) is 25.1 Å². The zero-order valence-electron chi connectivity index (χ0n) is 17.6. The molecule has 152 valence electrons.